The summed E-state index contributed by atoms with van der Waals surface area (Å²) in [7, 11) is 0. The number of amides is 1. The summed E-state index contributed by atoms with van der Waals surface area (Å²) in [4.78, 5) is 32.4. The van der Waals surface area contributed by atoms with Gasteiger partial charge in [0.15, 0.2) is 5.16 Å². The van der Waals surface area contributed by atoms with E-state index in [1.807, 2.05) is 20.8 Å². The van der Waals surface area contributed by atoms with Gasteiger partial charge in [-0.25, -0.2) is 4.98 Å². The molecule has 0 aromatic carbocycles. The van der Waals surface area contributed by atoms with Crippen molar-refractivity contribution in [1.29, 1.82) is 5.26 Å². The number of thioether (sulfide) groups is 1. The number of nitrogens with one attached hydrogen (secondary N) is 1. The third-order valence-corrected chi connectivity index (χ3v) is 7.52. The van der Waals surface area contributed by atoms with Gasteiger partial charge in [-0.2, -0.15) is 5.26 Å². The third kappa shape index (κ3) is 3.83. The number of carbonyl (C=O) groups excluding carboxylic acids is 1. The fourth-order valence-corrected chi connectivity index (χ4v) is 5.47. The first-order valence-electron chi connectivity index (χ1n) is 9.70. The Balaban J connectivity index is 1.87. The average Bonchev–Trinajstić information content (AvgIpc) is 3.23. The van der Waals surface area contributed by atoms with E-state index in [1.54, 1.807) is 22.8 Å². The van der Waals surface area contributed by atoms with Crippen LogP contribution in [0.15, 0.2) is 9.95 Å². The van der Waals surface area contributed by atoms with Gasteiger partial charge in [0.1, 0.15) is 10.4 Å². The fourth-order valence-electron chi connectivity index (χ4n) is 3.35. The molecule has 1 aliphatic rings. The molecule has 1 aliphatic carbocycles. The van der Waals surface area contributed by atoms with Crippen molar-refractivity contribution >= 4 is 39.2 Å². The molecule has 2 aromatic heterocycles. The van der Waals surface area contributed by atoms with E-state index in [2.05, 4.69) is 11.4 Å². The summed E-state index contributed by atoms with van der Waals surface area (Å²) in [6.07, 6.45) is 3.90. The Morgan fingerprint density at radius 3 is 2.86 bits per heavy atom. The van der Waals surface area contributed by atoms with Crippen LogP contribution in [0.25, 0.3) is 10.2 Å². The van der Waals surface area contributed by atoms with Crippen LogP contribution in [0.4, 0.5) is 0 Å². The van der Waals surface area contributed by atoms with E-state index in [4.69, 9.17) is 4.98 Å². The number of hydrogen-bond donors (Lipinski definition) is 1. The highest BCUT2D eigenvalue weighted by Crippen LogP contribution is 2.35. The highest BCUT2D eigenvalue weighted by Gasteiger charge is 2.30. The Morgan fingerprint density at radius 1 is 1.46 bits per heavy atom. The lowest BCUT2D eigenvalue weighted by Crippen LogP contribution is -2.49. The molecule has 1 atom stereocenters. The van der Waals surface area contributed by atoms with Gasteiger partial charge < -0.3 is 5.32 Å². The maximum Gasteiger partial charge on any atom is 0.263 e. The molecule has 3 rings (SSSR count). The van der Waals surface area contributed by atoms with Gasteiger partial charge >= 0.3 is 0 Å². The van der Waals surface area contributed by atoms with E-state index in [0.29, 0.717) is 11.7 Å². The Hall–Kier alpha value is -1.85. The Morgan fingerprint density at radius 2 is 2.21 bits per heavy atom. The second-order valence-electron chi connectivity index (χ2n) is 7.69. The van der Waals surface area contributed by atoms with Crippen LogP contribution in [0, 0.1) is 17.2 Å². The summed E-state index contributed by atoms with van der Waals surface area (Å²) in [6, 6.07) is 2.18. The first-order chi connectivity index (χ1) is 13.3. The van der Waals surface area contributed by atoms with Crippen LogP contribution >= 0.6 is 23.1 Å². The molecular weight excluding hydrogens is 392 g/mol. The van der Waals surface area contributed by atoms with E-state index in [-0.39, 0.29) is 23.1 Å². The topological polar surface area (TPSA) is 87.8 Å². The van der Waals surface area contributed by atoms with E-state index in [1.165, 1.54) is 22.2 Å². The van der Waals surface area contributed by atoms with Crippen LogP contribution in [0.3, 0.4) is 0 Å². The lowest BCUT2D eigenvalue weighted by atomic mass is 9.90. The molecule has 1 amide bonds. The molecule has 2 aromatic rings. The van der Waals surface area contributed by atoms with Gasteiger partial charge in [0, 0.05) is 11.4 Å². The van der Waals surface area contributed by atoms with Gasteiger partial charge in [-0.05, 0) is 44.1 Å². The van der Waals surface area contributed by atoms with Crippen LogP contribution in [0.5, 0.6) is 0 Å². The second kappa shape index (κ2) is 8.26. The van der Waals surface area contributed by atoms with E-state index >= 15 is 0 Å². The van der Waals surface area contributed by atoms with Crippen LogP contribution in [-0.2, 0) is 24.2 Å². The number of aryl methyl sites for hydroxylation is 2. The molecule has 0 spiro atoms. The van der Waals surface area contributed by atoms with Crippen molar-refractivity contribution in [2.24, 2.45) is 5.92 Å². The molecule has 0 saturated heterocycles. The van der Waals surface area contributed by atoms with E-state index in [9.17, 15) is 14.9 Å². The number of fused-ring (bicyclic) bond motifs is 3. The second-order valence-corrected chi connectivity index (χ2v) is 9.72. The predicted molar refractivity (Wildman–Crippen MR) is 114 cm³/mol. The number of thiophene rings is 1. The highest BCUT2D eigenvalue weighted by molar-refractivity contribution is 7.99. The summed E-state index contributed by atoms with van der Waals surface area (Å²) in [5.74, 6) is -0.113. The molecule has 0 fully saturated rings. The maximum atomic E-state index is 13.1. The monoisotopic (exact) mass is 418 g/mol. The first kappa shape index (κ1) is 20.9. The molecule has 0 bridgehead atoms. The summed E-state index contributed by atoms with van der Waals surface area (Å²) in [5.41, 5.74) is 0.281. The predicted octanol–water partition coefficient (Wildman–Crippen LogP) is 3.50. The van der Waals surface area contributed by atoms with Crippen molar-refractivity contribution in [3.05, 3.63) is 20.8 Å². The SMILES string of the molecule is CCCn1c(SCC(=O)N[C@](C)(C#N)C(C)C)nc2sc3c(c2c1=O)CCC3. The average molecular weight is 419 g/mol. The van der Waals surface area contributed by atoms with Crippen molar-refractivity contribution in [3.63, 3.8) is 0 Å². The first-order valence-corrected chi connectivity index (χ1v) is 11.5. The molecule has 1 N–H and O–H groups in total. The molecule has 28 heavy (non-hydrogen) atoms. The number of nitrogens with zero attached hydrogens (tertiary/aromatic N) is 3. The maximum absolute atomic E-state index is 13.1. The summed E-state index contributed by atoms with van der Waals surface area (Å²) in [6.45, 7) is 8.14. The Bertz CT molecular complexity index is 1000. The minimum absolute atomic E-state index is 0.00676. The van der Waals surface area contributed by atoms with Gasteiger partial charge in [-0.15, -0.1) is 11.3 Å². The third-order valence-electron chi connectivity index (χ3n) is 5.36. The van der Waals surface area contributed by atoms with Gasteiger partial charge in [0.05, 0.1) is 17.2 Å². The van der Waals surface area contributed by atoms with Crippen molar-refractivity contribution in [3.8, 4) is 6.07 Å². The number of hydrogen-bond acceptors (Lipinski definition) is 6. The number of rotatable bonds is 7. The zero-order valence-electron chi connectivity index (χ0n) is 16.8. The van der Waals surface area contributed by atoms with Crippen LogP contribution in [0.2, 0.25) is 0 Å². The van der Waals surface area contributed by atoms with Crippen LogP contribution in [-0.4, -0.2) is 26.8 Å². The minimum atomic E-state index is -0.910. The number of nitriles is 1. The minimum Gasteiger partial charge on any atom is -0.337 e. The molecule has 0 unspecified atom stereocenters. The van der Waals surface area contributed by atoms with Crippen molar-refractivity contribution in [1.82, 2.24) is 14.9 Å². The number of aromatic nitrogens is 2. The van der Waals surface area contributed by atoms with E-state index in [0.717, 1.165) is 35.9 Å². The molecule has 150 valence electrons. The summed E-state index contributed by atoms with van der Waals surface area (Å²) < 4.78 is 1.71. The largest absolute Gasteiger partial charge is 0.337 e. The molecular formula is C20H26N4O2S2. The highest BCUT2D eigenvalue weighted by atomic mass is 32.2. The number of carbonyl (C=O) groups is 1. The van der Waals surface area contributed by atoms with Gasteiger partial charge in [-0.1, -0.05) is 32.5 Å². The van der Waals surface area contributed by atoms with Crippen LogP contribution < -0.4 is 10.9 Å². The molecule has 0 aliphatic heterocycles. The molecule has 0 saturated carbocycles. The van der Waals surface area contributed by atoms with Gasteiger partial charge in [0.25, 0.3) is 5.56 Å². The normalized spacial score (nSPS) is 15.4. The lowest BCUT2D eigenvalue weighted by molar-refractivity contribution is -0.120. The Labute approximate surface area is 173 Å². The standard InChI is InChI=1S/C20H26N4O2S2/c1-5-9-24-18(26)16-13-7-6-8-14(13)28-17(16)22-19(24)27-10-15(25)23-20(4,11-21)12(2)3/h12H,5-10H2,1-4H3,(H,23,25)/t20-/m1/s1. The molecule has 2 heterocycles. The molecule has 6 nitrogen and oxygen atoms in total. The zero-order chi connectivity index (χ0) is 20.5. The smallest absolute Gasteiger partial charge is 0.263 e. The lowest BCUT2D eigenvalue weighted by Gasteiger charge is -2.27. The quantitative estimate of drug-likeness (QED) is 0.549. The molecule has 0 radical (unpaired) electrons. The molecule has 8 heteroatoms. The Kier molecular flexibility index (Phi) is 6.15. The summed E-state index contributed by atoms with van der Waals surface area (Å²) in [5, 5.41) is 13.6. The van der Waals surface area contributed by atoms with Crippen molar-refractivity contribution < 1.29 is 4.79 Å². The fraction of sp³-hybridized carbons (Fsp3) is 0.600. The summed E-state index contributed by atoms with van der Waals surface area (Å²) >= 11 is 2.88. The van der Waals surface area contributed by atoms with Gasteiger partial charge in [0.2, 0.25) is 5.91 Å². The van der Waals surface area contributed by atoms with Crippen molar-refractivity contribution in [2.75, 3.05) is 5.75 Å². The van der Waals surface area contributed by atoms with Gasteiger partial charge in [-0.3, -0.25) is 14.2 Å². The van der Waals surface area contributed by atoms with E-state index < -0.39 is 5.54 Å². The van der Waals surface area contributed by atoms with Crippen LogP contribution in [0.1, 0.15) is 51.0 Å². The zero-order valence-corrected chi connectivity index (χ0v) is 18.4. The van der Waals surface area contributed by atoms with Crippen molar-refractivity contribution in [2.45, 2.75) is 70.6 Å².